The molecule has 2 nitrogen and oxygen atoms in total. The zero-order chi connectivity index (χ0) is 15.6. The van der Waals surface area contributed by atoms with Crippen molar-refractivity contribution in [3.8, 4) is 22.5 Å². The Morgan fingerprint density at radius 3 is 2.26 bits per heavy atom. The zero-order valence-electron chi connectivity index (χ0n) is 12.5. The second kappa shape index (κ2) is 5.90. The molecule has 0 aliphatic heterocycles. The summed E-state index contributed by atoms with van der Waals surface area (Å²) in [6.45, 7) is 0. The van der Waals surface area contributed by atoms with Crippen molar-refractivity contribution in [1.82, 2.24) is 9.38 Å². The summed E-state index contributed by atoms with van der Waals surface area (Å²) in [4.78, 5) is 4.84. The highest BCUT2D eigenvalue weighted by Crippen LogP contribution is 2.32. The molecule has 112 valence electrons. The lowest BCUT2D eigenvalue weighted by Gasteiger charge is -2.06. The molecule has 0 saturated carbocycles. The molecule has 0 spiro atoms. The molecule has 2 heterocycles. The van der Waals surface area contributed by atoms with Gasteiger partial charge < -0.3 is 0 Å². The van der Waals surface area contributed by atoms with Crippen LogP contribution in [-0.2, 0) is 5.88 Å². The second-order valence-electron chi connectivity index (χ2n) is 5.43. The number of hydrogen-bond acceptors (Lipinski definition) is 1. The lowest BCUT2D eigenvalue weighted by atomic mass is 10.0. The summed E-state index contributed by atoms with van der Waals surface area (Å²) >= 11 is 5.90. The number of rotatable bonds is 3. The molecule has 0 fully saturated rings. The molecule has 0 bridgehead atoms. The van der Waals surface area contributed by atoms with E-state index in [1.807, 2.05) is 24.3 Å². The van der Waals surface area contributed by atoms with E-state index >= 15 is 0 Å². The van der Waals surface area contributed by atoms with Crippen molar-refractivity contribution in [3.05, 3.63) is 84.6 Å². The first kappa shape index (κ1) is 14.0. The predicted molar refractivity (Wildman–Crippen MR) is 95.6 cm³/mol. The van der Waals surface area contributed by atoms with Crippen LogP contribution in [0.15, 0.2) is 79.0 Å². The van der Waals surface area contributed by atoms with Crippen LogP contribution in [0.5, 0.6) is 0 Å². The molecule has 0 radical (unpaired) electrons. The molecule has 0 aliphatic rings. The summed E-state index contributed by atoms with van der Waals surface area (Å²) in [6.07, 6.45) is 2.06. The average Bonchev–Trinajstić information content (AvgIpc) is 3.02. The molecule has 0 unspecified atom stereocenters. The smallest absolute Gasteiger partial charge is 0.137 e. The average molecular weight is 319 g/mol. The highest BCUT2D eigenvalue weighted by atomic mass is 35.5. The molecule has 0 amide bonds. The SMILES string of the molecule is ClCc1ccc(-c2nc3ccccn3c2-c2ccccc2)cc1. The Hall–Kier alpha value is -2.58. The number of pyridine rings is 1. The van der Waals surface area contributed by atoms with Crippen molar-refractivity contribution in [1.29, 1.82) is 0 Å². The van der Waals surface area contributed by atoms with Crippen molar-refractivity contribution in [2.24, 2.45) is 0 Å². The minimum atomic E-state index is 0.525. The quantitative estimate of drug-likeness (QED) is 0.462. The molecular weight excluding hydrogens is 304 g/mol. The molecule has 2 aromatic carbocycles. The molecule has 0 N–H and O–H groups in total. The van der Waals surface area contributed by atoms with Crippen LogP contribution in [-0.4, -0.2) is 9.38 Å². The van der Waals surface area contributed by atoms with E-state index in [9.17, 15) is 0 Å². The van der Waals surface area contributed by atoms with Crippen molar-refractivity contribution >= 4 is 17.2 Å². The van der Waals surface area contributed by atoms with E-state index in [2.05, 4.69) is 59.1 Å². The lowest BCUT2D eigenvalue weighted by Crippen LogP contribution is -1.89. The van der Waals surface area contributed by atoms with Crippen LogP contribution in [0, 0.1) is 0 Å². The number of benzene rings is 2. The van der Waals surface area contributed by atoms with Crippen LogP contribution in [0.25, 0.3) is 28.2 Å². The number of fused-ring (bicyclic) bond motifs is 1. The maximum Gasteiger partial charge on any atom is 0.137 e. The summed E-state index contributed by atoms with van der Waals surface area (Å²) in [7, 11) is 0. The topological polar surface area (TPSA) is 17.3 Å². The van der Waals surface area contributed by atoms with Crippen LogP contribution < -0.4 is 0 Å². The molecule has 3 heteroatoms. The molecule has 0 atom stereocenters. The Labute approximate surface area is 140 Å². The second-order valence-corrected chi connectivity index (χ2v) is 5.70. The fourth-order valence-electron chi connectivity index (χ4n) is 2.82. The third-order valence-electron chi connectivity index (χ3n) is 3.96. The maximum atomic E-state index is 5.90. The van der Waals surface area contributed by atoms with Gasteiger partial charge in [0.15, 0.2) is 0 Å². The van der Waals surface area contributed by atoms with Crippen LogP contribution >= 0.6 is 11.6 Å². The summed E-state index contributed by atoms with van der Waals surface area (Å²) in [6, 6.07) is 24.7. The van der Waals surface area contributed by atoms with E-state index in [0.29, 0.717) is 5.88 Å². The zero-order valence-corrected chi connectivity index (χ0v) is 13.2. The molecule has 0 aliphatic carbocycles. The largest absolute Gasteiger partial charge is 0.299 e. The first-order valence-corrected chi connectivity index (χ1v) is 8.08. The van der Waals surface area contributed by atoms with Gasteiger partial charge in [-0.05, 0) is 17.7 Å². The van der Waals surface area contributed by atoms with Crippen molar-refractivity contribution in [2.45, 2.75) is 5.88 Å². The van der Waals surface area contributed by atoms with Gasteiger partial charge in [-0.25, -0.2) is 4.98 Å². The van der Waals surface area contributed by atoms with Crippen LogP contribution in [0.1, 0.15) is 5.56 Å². The molecule has 4 rings (SSSR count). The fraction of sp³-hybridized carbons (Fsp3) is 0.0500. The van der Waals surface area contributed by atoms with Gasteiger partial charge in [-0.1, -0.05) is 60.7 Å². The monoisotopic (exact) mass is 318 g/mol. The van der Waals surface area contributed by atoms with E-state index < -0.39 is 0 Å². The highest BCUT2D eigenvalue weighted by molar-refractivity contribution is 6.17. The van der Waals surface area contributed by atoms with Crippen molar-refractivity contribution < 1.29 is 0 Å². The summed E-state index contributed by atoms with van der Waals surface area (Å²) in [5, 5.41) is 0. The Balaban J connectivity index is 1.98. The molecule has 4 aromatic rings. The summed E-state index contributed by atoms with van der Waals surface area (Å²) in [5.74, 6) is 0.525. The Morgan fingerprint density at radius 1 is 0.783 bits per heavy atom. The third-order valence-corrected chi connectivity index (χ3v) is 4.27. The Kier molecular flexibility index (Phi) is 3.60. The fourth-order valence-corrected chi connectivity index (χ4v) is 3.00. The first-order chi connectivity index (χ1) is 11.4. The predicted octanol–water partition coefficient (Wildman–Crippen LogP) is 5.41. The van der Waals surface area contributed by atoms with E-state index in [1.165, 1.54) is 0 Å². The number of nitrogens with zero attached hydrogens (tertiary/aromatic N) is 2. The van der Waals surface area contributed by atoms with Gasteiger partial charge in [0, 0.05) is 23.2 Å². The van der Waals surface area contributed by atoms with Crippen molar-refractivity contribution in [3.63, 3.8) is 0 Å². The lowest BCUT2D eigenvalue weighted by molar-refractivity contribution is 1.19. The van der Waals surface area contributed by atoms with Crippen LogP contribution in [0.3, 0.4) is 0 Å². The van der Waals surface area contributed by atoms with Gasteiger partial charge in [-0.2, -0.15) is 0 Å². The van der Waals surface area contributed by atoms with E-state index in [-0.39, 0.29) is 0 Å². The van der Waals surface area contributed by atoms with E-state index in [4.69, 9.17) is 16.6 Å². The minimum absolute atomic E-state index is 0.525. The van der Waals surface area contributed by atoms with E-state index in [1.54, 1.807) is 0 Å². The van der Waals surface area contributed by atoms with Crippen LogP contribution in [0.4, 0.5) is 0 Å². The Bertz CT molecular complexity index is 940. The minimum Gasteiger partial charge on any atom is -0.299 e. The first-order valence-electron chi connectivity index (χ1n) is 7.54. The van der Waals surface area contributed by atoms with E-state index in [0.717, 1.165) is 33.7 Å². The van der Waals surface area contributed by atoms with Gasteiger partial charge in [-0.3, -0.25) is 4.40 Å². The number of imidazole rings is 1. The third kappa shape index (κ3) is 2.51. The van der Waals surface area contributed by atoms with Crippen molar-refractivity contribution in [2.75, 3.05) is 0 Å². The molecule has 0 saturated heterocycles. The van der Waals surface area contributed by atoms with Gasteiger partial charge >= 0.3 is 0 Å². The number of halogens is 1. The summed E-state index contributed by atoms with van der Waals surface area (Å²) in [5.41, 5.74) is 6.41. The summed E-state index contributed by atoms with van der Waals surface area (Å²) < 4.78 is 2.14. The molecular formula is C20H15ClN2. The van der Waals surface area contributed by atoms with Gasteiger partial charge in [-0.15, -0.1) is 11.6 Å². The normalized spacial score (nSPS) is 11.0. The maximum absolute atomic E-state index is 5.90. The van der Waals surface area contributed by atoms with Gasteiger partial charge in [0.25, 0.3) is 0 Å². The number of hydrogen-bond donors (Lipinski definition) is 0. The highest BCUT2D eigenvalue weighted by Gasteiger charge is 2.15. The van der Waals surface area contributed by atoms with Gasteiger partial charge in [0.1, 0.15) is 5.65 Å². The molecule has 23 heavy (non-hydrogen) atoms. The van der Waals surface area contributed by atoms with Crippen LogP contribution in [0.2, 0.25) is 0 Å². The van der Waals surface area contributed by atoms with Gasteiger partial charge in [0.2, 0.25) is 0 Å². The van der Waals surface area contributed by atoms with Gasteiger partial charge in [0.05, 0.1) is 11.4 Å². The standard InChI is InChI=1S/C20H15ClN2/c21-14-15-9-11-16(12-10-15)19-20(17-6-2-1-3-7-17)23-13-5-4-8-18(23)22-19/h1-13H,14H2. The molecule has 2 aromatic heterocycles. The number of alkyl halides is 1. The Morgan fingerprint density at radius 2 is 1.52 bits per heavy atom. The number of aromatic nitrogens is 2.